The van der Waals surface area contributed by atoms with E-state index in [0.717, 1.165) is 19.3 Å². The molecule has 0 radical (unpaired) electrons. The molecular formula is C14H20ClNO. The van der Waals surface area contributed by atoms with Gasteiger partial charge in [-0.2, -0.15) is 0 Å². The Morgan fingerprint density at radius 3 is 2.65 bits per heavy atom. The summed E-state index contributed by atoms with van der Waals surface area (Å²) in [7, 11) is 0. The topological polar surface area (TPSA) is 29.1 Å². The Bertz CT molecular complexity index is 326. The molecule has 1 aromatic carbocycles. The molecule has 0 heterocycles. The maximum atomic E-state index is 11.6. The monoisotopic (exact) mass is 253 g/mol. The number of benzene rings is 1. The summed E-state index contributed by atoms with van der Waals surface area (Å²) in [4.78, 5) is 11.6. The van der Waals surface area contributed by atoms with Gasteiger partial charge in [0.15, 0.2) is 0 Å². The van der Waals surface area contributed by atoms with Crippen molar-refractivity contribution in [3.8, 4) is 0 Å². The number of carbonyl (C=O) groups is 1. The molecule has 0 spiro atoms. The highest BCUT2D eigenvalue weighted by atomic mass is 35.5. The molecule has 0 aromatic heterocycles. The van der Waals surface area contributed by atoms with Crippen LogP contribution >= 0.6 is 11.6 Å². The molecule has 0 aliphatic carbocycles. The minimum Gasteiger partial charge on any atom is -0.352 e. The summed E-state index contributed by atoms with van der Waals surface area (Å²) in [5, 5.41) is 2.98. The molecule has 1 atom stereocenters. The van der Waals surface area contributed by atoms with Crippen LogP contribution in [0.3, 0.4) is 0 Å². The fraction of sp³-hybridized carbons (Fsp3) is 0.500. The molecule has 3 heteroatoms. The number of unbranched alkanes of at least 4 members (excludes halogenated alkanes) is 1. The van der Waals surface area contributed by atoms with Crippen molar-refractivity contribution in [1.29, 1.82) is 0 Å². The van der Waals surface area contributed by atoms with Gasteiger partial charge in [0, 0.05) is 18.3 Å². The molecule has 0 bridgehead atoms. The third kappa shape index (κ3) is 5.73. The predicted molar refractivity (Wildman–Crippen MR) is 72.3 cm³/mol. The van der Waals surface area contributed by atoms with E-state index in [1.165, 1.54) is 5.56 Å². The van der Waals surface area contributed by atoms with Crippen LogP contribution < -0.4 is 5.32 Å². The summed E-state index contributed by atoms with van der Waals surface area (Å²) in [6, 6.07) is 10.1. The van der Waals surface area contributed by atoms with Gasteiger partial charge in [-0.1, -0.05) is 43.7 Å². The molecular weight excluding hydrogens is 234 g/mol. The second-order valence-electron chi connectivity index (χ2n) is 4.21. The summed E-state index contributed by atoms with van der Waals surface area (Å²) in [6.07, 6.45) is 3.37. The molecule has 94 valence electrons. The average molecular weight is 254 g/mol. The Kier molecular flexibility index (Phi) is 6.71. The van der Waals surface area contributed by atoms with Crippen LogP contribution in [0.5, 0.6) is 0 Å². The SMILES string of the molecule is CCCCC(=O)N[C@H](CCl)Cc1ccccc1. The maximum Gasteiger partial charge on any atom is 0.220 e. The second kappa shape index (κ2) is 8.13. The molecule has 0 saturated heterocycles. The van der Waals surface area contributed by atoms with Crippen LogP contribution in [0.1, 0.15) is 31.7 Å². The van der Waals surface area contributed by atoms with Crippen molar-refractivity contribution in [3.05, 3.63) is 35.9 Å². The zero-order valence-electron chi connectivity index (χ0n) is 10.3. The van der Waals surface area contributed by atoms with Crippen molar-refractivity contribution in [2.75, 3.05) is 5.88 Å². The molecule has 1 rings (SSSR count). The van der Waals surface area contributed by atoms with Gasteiger partial charge in [-0.25, -0.2) is 0 Å². The Hall–Kier alpha value is -1.02. The first kappa shape index (κ1) is 14.0. The van der Waals surface area contributed by atoms with Crippen molar-refractivity contribution < 1.29 is 4.79 Å². The lowest BCUT2D eigenvalue weighted by Crippen LogP contribution is -2.37. The maximum absolute atomic E-state index is 11.6. The van der Waals surface area contributed by atoms with Crippen LogP contribution in [0, 0.1) is 0 Å². The first-order valence-electron chi connectivity index (χ1n) is 6.15. The van der Waals surface area contributed by atoms with E-state index in [2.05, 4.69) is 24.4 Å². The Balaban J connectivity index is 2.41. The van der Waals surface area contributed by atoms with Gasteiger partial charge in [0.2, 0.25) is 5.91 Å². The Labute approximate surface area is 108 Å². The molecule has 0 unspecified atom stereocenters. The lowest BCUT2D eigenvalue weighted by molar-refractivity contribution is -0.121. The van der Waals surface area contributed by atoms with E-state index in [1.807, 2.05) is 18.2 Å². The number of alkyl halides is 1. The van der Waals surface area contributed by atoms with E-state index in [9.17, 15) is 4.79 Å². The van der Waals surface area contributed by atoms with Crippen LogP contribution in [-0.2, 0) is 11.2 Å². The van der Waals surface area contributed by atoms with Crippen molar-refractivity contribution >= 4 is 17.5 Å². The molecule has 2 nitrogen and oxygen atoms in total. The highest BCUT2D eigenvalue weighted by Gasteiger charge is 2.11. The van der Waals surface area contributed by atoms with Crippen molar-refractivity contribution in [1.82, 2.24) is 5.32 Å². The molecule has 1 aromatic rings. The summed E-state index contributed by atoms with van der Waals surface area (Å²) in [5.41, 5.74) is 1.20. The summed E-state index contributed by atoms with van der Waals surface area (Å²) >= 11 is 5.88. The third-order valence-electron chi connectivity index (χ3n) is 2.63. The lowest BCUT2D eigenvalue weighted by atomic mass is 10.1. The molecule has 1 amide bonds. The van der Waals surface area contributed by atoms with Gasteiger partial charge in [-0.15, -0.1) is 11.6 Å². The first-order chi connectivity index (χ1) is 8.26. The van der Waals surface area contributed by atoms with E-state index in [0.29, 0.717) is 12.3 Å². The lowest BCUT2D eigenvalue weighted by Gasteiger charge is -2.16. The minimum atomic E-state index is 0.0309. The zero-order valence-corrected chi connectivity index (χ0v) is 11.0. The van der Waals surface area contributed by atoms with Crippen LogP contribution in [0.25, 0.3) is 0 Å². The average Bonchev–Trinajstić information content (AvgIpc) is 2.36. The largest absolute Gasteiger partial charge is 0.352 e. The molecule has 0 saturated carbocycles. The van der Waals surface area contributed by atoms with E-state index < -0.39 is 0 Å². The van der Waals surface area contributed by atoms with Gasteiger partial charge in [0.25, 0.3) is 0 Å². The van der Waals surface area contributed by atoms with Gasteiger partial charge in [-0.3, -0.25) is 4.79 Å². The van der Waals surface area contributed by atoms with Gasteiger partial charge in [0.05, 0.1) is 0 Å². The smallest absolute Gasteiger partial charge is 0.220 e. The molecule has 0 aliphatic rings. The van der Waals surface area contributed by atoms with E-state index in [-0.39, 0.29) is 11.9 Å². The van der Waals surface area contributed by atoms with Crippen LogP contribution in [0.2, 0.25) is 0 Å². The van der Waals surface area contributed by atoms with Crippen molar-refractivity contribution in [3.63, 3.8) is 0 Å². The van der Waals surface area contributed by atoms with E-state index >= 15 is 0 Å². The number of rotatable bonds is 7. The second-order valence-corrected chi connectivity index (χ2v) is 4.52. The summed E-state index contributed by atoms with van der Waals surface area (Å²) in [5.74, 6) is 0.556. The van der Waals surface area contributed by atoms with Gasteiger partial charge < -0.3 is 5.32 Å². The number of hydrogen-bond acceptors (Lipinski definition) is 1. The van der Waals surface area contributed by atoms with Crippen molar-refractivity contribution in [2.45, 2.75) is 38.6 Å². The number of hydrogen-bond donors (Lipinski definition) is 1. The number of amides is 1. The number of nitrogens with one attached hydrogen (secondary N) is 1. The highest BCUT2D eigenvalue weighted by molar-refractivity contribution is 6.18. The van der Waals surface area contributed by atoms with E-state index in [4.69, 9.17) is 11.6 Å². The molecule has 17 heavy (non-hydrogen) atoms. The normalized spacial score (nSPS) is 12.1. The molecule has 1 N–H and O–H groups in total. The summed E-state index contributed by atoms with van der Waals surface area (Å²) < 4.78 is 0. The number of carbonyl (C=O) groups excluding carboxylic acids is 1. The highest BCUT2D eigenvalue weighted by Crippen LogP contribution is 2.05. The predicted octanol–water partition coefficient (Wildman–Crippen LogP) is 3.14. The quantitative estimate of drug-likeness (QED) is 0.744. The van der Waals surface area contributed by atoms with Gasteiger partial charge in [-0.05, 0) is 18.4 Å². The van der Waals surface area contributed by atoms with Crippen LogP contribution in [0.4, 0.5) is 0 Å². The molecule has 0 aliphatic heterocycles. The Morgan fingerprint density at radius 2 is 2.06 bits per heavy atom. The van der Waals surface area contributed by atoms with Gasteiger partial charge in [0.1, 0.15) is 0 Å². The minimum absolute atomic E-state index is 0.0309. The van der Waals surface area contributed by atoms with Crippen LogP contribution in [0.15, 0.2) is 30.3 Å². The summed E-state index contributed by atoms with van der Waals surface area (Å²) in [6.45, 7) is 2.08. The standard InChI is InChI=1S/C14H20ClNO/c1-2-3-9-14(17)16-13(11-15)10-12-7-5-4-6-8-12/h4-8,13H,2-3,9-11H2,1H3,(H,16,17)/t13-/m0/s1. The first-order valence-corrected chi connectivity index (χ1v) is 6.69. The fourth-order valence-corrected chi connectivity index (χ4v) is 1.87. The molecule has 0 fully saturated rings. The Morgan fingerprint density at radius 1 is 1.35 bits per heavy atom. The van der Waals surface area contributed by atoms with Gasteiger partial charge >= 0.3 is 0 Å². The third-order valence-corrected chi connectivity index (χ3v) is 3.01. The number of halogens is 1. The zero-order chi connectivity index (χ0) is 12.5. The van der Waals surface area contributed by atoms with E-state index in [1.54, 1.807) is 0 Å². The fourth-order valence-electron chi connectivity index (χ4n) is 1.68. The van der Waals surface area contributed by atoms with Crippen LogP contribution in [-0.4, -0.2) is 17.8 Å². The van der Waals surface area contributed by atoms with Crippen molar-refractivity contribution in [2.24, 2.45) is 0 Å².